The van der Waals surface area contributed by atoms with Crippen molar-refractivity contribution in [2.24, 2.45) is 5.73 Å². The second-order valence-electron chi connectivity index (χ2n) is 3.38. The topological polar surface area (TPSA) is 72.9 Å². The number of hydrogen-bond donors (Lipinski definition) is 2. The second-order valence-corrected chi connectivity index (χ2v) is 3.38. The molecule has 0 saturated heterocycles. The number of hydrogen-bond acceptors (Lipinski definition) is 3. The molecule has 0 spiro atoms. The van der Waals surface area contributed by atoms with E-state index in [0.29, 0.717) is 19.5 Å². The first-order valence-electron chi connectivity index (χ1n) is 5.23. The van der Waals surface area contributed by atoms with Crippen LogP contribution in [0.4, 0.5) is 0 Å². The second kappa shape index (κ2) is 6.19. The zero-order valence-electron chi connectivity index (χ0n) is 9.07. The molecule has 1 aromatic heterocycles. The highest BCUT2D eigenvalue weighted by Crippen LogP contribution is 1.99. The highest BCUT2D eigenvalue weighted by atomic mass is 16.1. The van der Waals surface area contributed by atoms with Crippen LogP contribution in [0.1, 0.15) is 25.5 Å². The lowest BCUT2D eigenvalue weighted by atomic mass is 10.3. The third-order valence-electron chi connectivity index (χ3n) is 2.16. The maximum Gasteiger partial charge on any atom is 0.221 e. The lowest BCUT2D eigenvalue weighted by molar-refractivity contribution is -0.121. The Bertz CT molecular complexity index is 308. The molecule has 0 saturated carbocycles. The van der Waals surface area contributed by atoms with Crippen LogP contribution in [-0.2, 0) is 17.9 Å². The van der Waals surface area contributed by atoms with Gasteiger partial charge in [-0.1, -0.05) is 6.92 Å². The largest absolute Gasteiger partial charge is 0.356 e. The Morgan fingerprint density at radius 1 is 1.67 bits per heavy atom. The maximum absolute atomic E-state index is 11.3. The minimum atomic E-state index is 0.0773. The number of amides is 1. The summed E-state index contributed by atoms with van der Waals surface area (Å²) in [5.41, 5.74) is 6.48. The smallest absolute Gasteiger partial charge is 0.221 e. The Morgan fingerprint density at radius 2 is 2.47 bits per heavy atom. The fourth-order valence-corrected chi connectivity index (χ4v) is 1.29. The Kier molecular flexibility index (Phi) is 4.83. The van der Waals surface area contributed by atoms with Crippen molar-refractivity contribution >= 4 is 5.91 Å². The number of nitrogens with zero attached hydrogens (tertiary/aromatic N) is 2. The van der Waals surface area contributed by atoms with Crippen molar-refractivity contribution in [3.8, 4) is 0 Å². The number of carbonyl (C=O) groups is 1. The number of aryl methyl sites for hydroxylation is 1. The van der Waals surface area contributed by atoms with E-state index < -0.39 is 0 Å². The van der Waals surface area contributed by atoms with E-state index in [1.807, 2.05) is 11.5 Å². The summed E-state index contributed by atoms with van der Waals surface area (Å²) in [4.78, 5) is 15.3. The van der Waals surface area contributed by atoms with Crippen molar-refractivity contribution in [1.29, 1.82) is 0 Å². The molecule has 1 heterocycles. The Morgan fingerprint density at radius 3 is 3.13 bits per heavy atom. The van der Waals surface area contributed by atoms with Gasteiger partial charge in [-0.05, 0) is 6.42 Å². The lowest BCUT2D eigenvalue weighted by Gasteiger charge is -2.06. The molecule has 0 bridgehead atoms. The molecule has 0 aliphatic carbocycles. The molecule has 1 aromatic rings. The fourth-order valence-electron chi connectivity index (χ4n) is 1.29. The molecule has 0 aromatic carbocycles. The molecular formula is C10H18N4O. The van der Waals surface area contributed by atoms with Crippen molar-refractivity contribution in [1.82, 2.24) is 14.9 Å². The predicted molar refractivity (Wildman–Crippen MR) is 58.0 cm³/mol. The molecule has 1 rings (SSSR count). The summed E-state index contributed by atoms with van der Waals surface area (Å²) in [6.45, 7) is 3.87. The van der Waals surface area contributed by atoms with E-state index in [-0.39, 0.29) is 5.91 Å². The highest BCUT2D eigenvalue weighted by Gasteiger charge is 2.03. The van der Waals surface area contributed by atoms with Gasteiger partial charge in [0.25, 0.3) is 0 Å². The summed E-state index contributed by atoms with van der Waals surface area (Å²) in [5, 5.41) is 2.83. The van der Waals surface area contributed by atoms with Crippen LogP contribution in [0.2, 0.25) is 0 Å². The maximum atomic E-state index is 11.3. The van der Waals surface area contributed by atoms with Crippen LogP contribution in [0, 0.1) is 0 Å². The summed E-state index contributed by atoms with van der Waals surface area (Å²) >= 11 is 0. The zero-order chi connectivity index (χ0) is 11.1. The molecular weight excluding hydrogens is 192 g/mol. The monoisotopic (exact) mass is 210 g/mol. The molecule has 0 atom stereocenters. The number of nitrogens with one attached hydrogen (secondary N) is 1. The van der Waals surface area contributed by atoms with E-state index in [9.17, 15) is 4.79 Å². The molecule has 0 unspecified atom stereocenters. The Hall–Kier alpha value is -1.36. The van der Waals surface area contributed by atoms with E-state index in [1.165, 1.54) is 0 Å². The van der Waals surface area contributed by atoms with E-state index >= 15 is 0 Å². The van der Waals surface area contributed by atoms with Crippen molar-refractivity contribution in [3.05, 3.63) is 18.2 Å². The molecule has 15 heavy (non-hydrogen) atoms. The molecule has 5 nitrogen and oxygen atoms in total. The minimum Gasteiger partial charge on any atom is -0.356 e. The molecule has 0 aliphatic rings. The first-order chi connectivity index (χ1) is 7.27. The molecule has 0 radical (unpaired) electrons. The standard InChI is InChI=1S/C10H18N4O/c1-2-4-13-10(15)3-5-14-8-12-7-9(14)6-11/h7-8H,2-6,11H2,1H3,(H,13,15). The normalized spacial score (nSPS) is 10.3. The average Bonchev–Trinajstić information content (AvgIpc) is 2.70. The number of nitrogens with two attached hydrogens (primary N) is 1. The molecule has 84 valence electrons. The molecule has 3 N–H and O–H groups in total. The van der Waals surface area contributed by atoms with Gasteiger partial charge in [0, 0.05) is 32.3 Å². The van der Waals surface area contributed by atoms with Crippen LogP contribution in [-0.4, -0.2) is 22.0 Å². The van der Waals surface area contributed by atoms with Crippen molar-refractivity contribution in [2.75, 3.05) is 6.54 Å². The zero-order valence-corrected chi connectivity index (χ0v) is 9.07. The van der Waals surface area contributed by atoms with Crippen LogP contribution in [0.5, 0.6) is 0 Å². The number of aromatic nitrogens is 2. The van der Waals surface area contributed by atoms with Gasteiger partial charge in [0.2, 0.25) is 5.91 Å². The van der Waals surface area contributed by atoms with E-state index in [2.05, 4.69) is 10.3 Å². The van der Waals surface area contributed by atoms with Crippen molar-refractivity contribution in [3.63, 3.8) is 0 Å². The first-order valence-corrected chi connectivity index (χ1v) is 5.23. The van der Waals surface area contributed by atoms with Gasteiger partial charge in [-0.3, -0.25) is 4.79 Å². The lowest BCUT2D eigenvalue weighted by Crippen LogP contribution is -2.25. The van der Waals surface area contributed by atoms with Crippen LogP contribution in [0.25, 0.3) is 0 Å². The van der Waals surface area contributed by atoms with Crippen molar-refractivity contribution in [2.45, 2.75) is 32.9 Å². The third kappa shape index (κ3) is 3.71. The molecule has 1 amide bonds. The molecule has 0 fully saturated rings. The molecule has 5 heteroatoms. The van der Waals surface area contributed by atoms with Gasteiger partial charge in [-0.15, -0.1) is 0 Å². The summed E-state index contributed by atoms with van der Waals surface area (Å²) in [6, 6.07) is 0. The number of carbonyl (C=O) groups excluding carboxylic acids is 1. The molecule has 0 aliphatic heterocycles. The van der Waals surface area contributed by atoms with Crippen LogP contribution in [0.3, 0.4) is 0 Å². The van der Waals surface area contributed by atoms with Gasteiger partial charge < -0.3 is 15.6 Å². The van der Waals surface area contributed by atoms with Gasteiger partial charge >= 0.3 is 0 Å². The first kappa shape index (κ1) is 11.7. The fraction of sp³-hybridized carbons (Fsp3) is 0.600. The van der Waals surface area contributed by atoms with Gasteiger partial charge in [0.1, 0.15) is 0 Å². The quantitative estimate of drug-likeness (QED) is 0.707. The highest BCUT2D eigenvalue weighted by molar-refractivity contribution is 5.75. The average molecular weight is 210 g/mol. The predicted octanol–water partition coefficient (Wildman–Crippen LogP) is 0.258. The van der Waals surface area contributed by atoms with Crippen LogP contribution in [0.15, 0.2) is 12.5 Å². The van der Waals surface area contributed by atoms with E-state index in [4.69, 9.17) is 5.73 Å². The Labute approximate surface area is 89.7 Å². The van der Waals surface area contributed by atoms with Crippen LogP contribution < -0.4 is 11.1 Å². The number of imidazole rings is 1. The van der Waals surface area contributed by atoms with Gasteiger partial charge in [-0.2, -0.15) is 0 Å². The third-order valence-corrected chi connectivity index (χ3v) is 2.16. The summed E-state index contributed by atoms with van der Waals surface area (Å²) in [7, 11) is 0. The summed E-state index contributed by atoms with van der Waals surface area (Å²) in [6.07, 6.45) is 4.87. The summed E-state index contributed by atoms with van der Waals surface area (Å²) in [5.74, 6) is 0.0773. The SMILES string of the molecule is CCCNC(=O)CCn1cncc1CN. The summed E-state index contributed by atoms with van der Waals surface area (Å²) < 4.78 is 1.91. The van der Waals surface area contributed by atoms with E-state index in [1.54, 1.807) is 12.5 Å². The van der Waals surface area contributed by atoms with Gasteiger partial charge in [-0.25, -0.2) is 4.98 Å². The van der Waals surface area contributed by atoms with E-state index in [0.717, 1.165) is 18.7 Å². The van der Waals surface area contributed by atoms with Gasteiger partial charge in [0.05, 0.1) is 12.0 Å². The minimum absolute atomic E-state index is 0.0773. The van der Waals surface area contributed by atoms with Crippen molar-refractivity contribution < 1.29 is 4.79 Å². The Balaban J connectivity index is 2.33. The van der Waals surface area contributed by atoms with Gasteiger partial charge in [0.15, 0.2) is 0 Å². The van der Waals surface area contributed by atoms with Crippen LogP contribution >= 0.6 is 0 Å². The number of rotatable bonds is 6.